The van der Waals surface area contributed by atoms with E-state index in [9.17, 15) is 14.7 Å². The molecular weight excluding hydrogens is 364 g/mol. The van der Waals surface area contributed by atoms with Gasteiger partial charge in [-0.1, -0.05) is 35.9 Å². The fraction of sp³-hybridized carbons (Fsp3) is 0.524. The number of fused-ring (bicyclic) bond motifs is 2. The summed E-state index contributed by atoms with van der Waals surface area (Å²) in [5.74, 6) is -1.68. The fourth-order valence-corrected chi connectivity index (χ4v) is 5.11. The maximum Gasteiger partial charge on any atom is 0.307 e. The van der Waals surface area contributed by atoms with Crippen LogP contribution in [0.3, 0.4) is 0 Å². The molecule has 1 aromatic rings. The molecule has 1 saturated carbocycles. The van der Waals surface area contributed by atoms with Gasteiger partial charge in [0.05, 0.1) is 11.8 Å². The van der Waals surface area contributed by atoms with Crippen LogP contribution in [-0.2, 0) is 16.1 Å². The van der Waals surface area contributed by atoms with Gasteiger partial charge in [-0.05, 0) is 42.4 Å². The van der Waals surface area contributed by atoms with Gasteiger partial charge in [-0.25, -0.2) is 0 Å². The molecule has 4 atom stereocenters. The fourth-order valence-electron chi connectivity index (χ4n) is 4.90. The van der Waals surface area contributed by atoms with Gasteiger partial charge >= 0.3 is 5.97 Å². The first-order chi connectivity index (χ1) is 13.0. The summed E-state index contributed by atoms with van der Waals surface area (Å²) in [6.45, 7) is 3.73. The van der Waals surface area contributed by atoms with Crippen LogP contribution in [-0.4, -0.2) is 53.0 Å². The first kappa shape index (κ1) is 18.5. The molecule has 2 bridgehead atoms. The van der Waals surface area contributed by atoms with Crippen molar-refractivity contribution in [2.24, 2.45) is 23.7 Å². The van der Waals surface area contributed by atoms with Crippen LogP contribution in [0.1, 0.15) is 18.4 Å². The number of hydrogen-bond acceptors (Lipinski definition) is 3. The second kappa shape index (κ2) is 7.64. The zero-order chi connectivity index (χ0) is 19.0. The lowest BCUT2D eigenvalue weighted by atomic mass is 9.62. The number of carbonyl (C=O) groups excluding carboxylic acids is 1. The lowest BCUT2D eigenvalue weighted by molar-refractivity contribution is -0.157. The third-order valence-electron chi connectivity index (χ3n) is 6.30. The molecule has 1 amide bonds. The molecular formula is C21H25ClN2O3. The van der Waals surface area contributed by atoms with Crippen molar-refractivity contribution in [1.29, 1.82) is 0 Å². The Kier molecular flexibility index (Phi) is 5.24. The zero-order valence-corrected chi connectivity index (χ0v) is 16.0. The van der Waals surface area contributed by atoms with E-state index in [1.54, 1.807) is 0 Å². The van der Waals surface area contributed by atoms with Gasteiger partial charge in [-0.15, -0.1) is 0 Å². The SMILES string of the molecule is O=C(O)[C@H]1[C@H](C(=O)N2CCN(Cc3cccc(Cl)c3)CC2)[C@H]2C=C[C@H]1CC2. The molecule has 1 aliphatic heterocycles. The van der Waals surface area contributed by atoms with Crippen molar-refractivity contribution in [3.63, 3.8) is 0 Å². The normalized spacial score (nSPS) is 30.5. The van der Waals surface area contributed by atoms with Crippen molar-refractivity contribution in [3.8, 4) is 0 Å². The summed E-state index contributed by atoms with van der Waals surface area (Å²) in [6.07, 6.45) is 5.90. The lowest BCUT2D eigenvalue weighted by Crippen LogP contribution is -2.55. The molecule has 3 aliphatic carbocycles. The number of carboxylic acids is 1. The number of benzene rings is 1. The van der Waals surface area contributed by atoms with Crippen LogP contribution >= 0.6 is 11.6 Å². The van der Waals surface area contributed by atoms with Crippen molar-refractivity contribution in [1.82, 2.24) is 9.80 Å². The van der Waals surface area contributed by atoms with Gasteiger partial charge in [0, 0.05) is 37.7 Å². The van der Waals surface area contributed by atoms with Gasteiger partial charge in [0.2, 0.25) is 5.91 Å². The van der Waals surface area contributed by atoms with E-state index in [1.165, 1.54) is 5.56 Å². The summed E-state index contributed by atoms with van der Waals surface area (Å²) in [6, 6.07) is 7.86. The predicted molar refractivity (Wildman–Crippen MR) is 103 cm³/mol. The Bertz CT molecular complexity index is 758. The highest BCUT2D eigenvalue weighted by molar-refractivity contribution is 6.30. The predicted octanol–water partition coefficient (Wildman–Crippen LogP) is 2.90. The number of nitrogens with zero attached hydrogens (tertiary/aromatic N) is 2. The highest BCUT2D eigenvalue weighted by Crippen LogP contribution is 2.45. The standard InChI is InChI=1S/C21H25ClN2O3/c22-17-3-1-2-14(12-17)13-23-8-10-24(11-9-23)20(25)18-15-4-6-16(7-5-15)19(18)21(26)27/h1-4,6,12,15-16,18-19H,5,7-11,13H2,(H,26,27)/t15-,16-,18+,19+/m0/s1. The van der Waals surface area contributed by atoms with Crippen LogP contribution in [0.4, 0.5) is 0 Å². The first-order valence-electron chi connectivity index (χ1n) is 9.69. The molecule has 0 radical (unpaired) electrons. The Balaban J connectivity index is 1.38. The molecule has 5 nitrogen and oxygen atoms in total. The van der Waals surface area contributed by atoms with Crippen molar-refractivity contribution in [2.75, 3.05) is 26.2 Å². The summed E-state index contributed by atoms with van der Waals surface area (Å²) in [4.78, 5) is 29.2. The quantitative estimate of drug-likeness (QED) is 0.806. The Hall–Kier alpha value is -1.85. The molecule has 1 aromatic carbocycles. The molecule has 0 aromatic heterocycles. The number of aliphatic carboxylic acids is 1. The zero-order valence-electron chi connectivity index (χ0n) is 15.3. The molecule has 1 saturated heterocycles. The summed E-state index contributed by atoms with van der Waals surface area (Å²) in [7, 11) is 0. The average Bonchev–Trinajstić information content (AvgIpc) is 2.68. The monoisotopic (exact) mass is 388 g/mol. The number of piperazine rings is 1. The molecule has 5 rings (SSSR count). The van der Waals surface area contributed by atoms with E-state index in [0.717, 1.165) is 37.5 Å². The molecule has 0 spiro atoms. The third kappa shape index (κ3) is 3.76. The maximum absolute atomic E-state index is 13.2. The van der Waals surface area contributed by atoms with E-state index in [-0.39, 0.29) is 17.7 Å². The van der Waals surface area contributed by atoms with Crippen molar-refractivity contribution < 1.29 is 14.7 Å². The van der Waals surface area contributed by atoms with Crippen LogP contribution < -0.4 is 0 Å². The number of amides is 1. The second-order valence-electron chi connectivity index (χ2n) is 7.91. The topological polar surface area (TPSA) is 60.9 Å². The van der Waals surface area contributed by atoms with Gasteiger partial charge in [0.1, 0.15) is 0 Å². The molecule has 2 fully saturated rings. The van der Waals surface area contributed by atoms with Gasteiger partial charge in [-0.3, -0.25) is 14.5 Å². The highest BCUT2D eigenvalue weighted by Gasteiger charge is 2.49. The van der Waals surface area contributed by atoms with E-state index in [0.29, 0.717) is 13.1 Å². The number of carbonyl (C=O) groups is 2. The second-order valence-corrected chi connectivity index (χ2v) is 8.35. The minimum atomic E-state index is -0.827. The minimum Gasteiger partial charge on any atom is -0.481 e. The molecule has 27 heavy (non-hydrogen) atoms. The largest absolute Gasteiger partial charge is 0.481 e. The van der Waals surface area contributed by atoms with Crippen LogP contribution in [0.25, 0.3) is 0 Å². The Labute approximate surface area is 164 Å². The van der Waals surface area contributed by atoms with Crippen LogP contribution in [0.5, 0.6) is 0 Å². The number of halogens is 1. The van der Waals surface area contributed by atoms with Crippen LogP contribution in [0, 0.1) is 23.7 Å². The van der Waals surface area contributed by atoms with Crippen molar-refractivity contribution in [2.45, 2.75) is 19.4 Å². The average molecular weight is 389 g/mol. The van der Waals surface area contributed by atoms with Gasteiger partial charge < -0.3 is 10.0 Å². The number of allylic oxidation sites excluding steroid dienone is 2. The summed E-state index contributed by atoms with van der Waals surface area (Å²) >= 11 is 6.06. The van der Waals surface area contributed by atoms with E-state index in [4.69, 9.17) is 11.6 Å². The Morgan fingerprint density at radius 1 is 1.04 bits per heavy atom. The lowest BCUT2D eigenvalue weighted by Gasteiger charge is -2.45. The number of hydrogen-bond donors (Lipinski definition) is 1. The van der Waals surface area contributed by atoms with Crippen LogP contribution in [0.15, 0.2) is 36.4 Å². The van der Waals surface area contributed by atoms with Crippen LogP contribution in [0.2, 0.25) is 5.02 Å². The number of rotatable bonds is 4. The van der Waals surface area contributed by atoms with E-state index in [1.807, 2.05) is 29.2 Å². The molecule has 0 unspecified atom stereocenters. The van der Waals surface area contributed by atoms with E-state index < -0.39 is 17.8 Å². The summed E-state index contributed by atoms with van der Waals surface area (Å²) in [5.41, 5.74) is 1.17. The minimum absolute atomic E-state index is 0.00516. The Morgan fingerprint density at radius 3 is 2.30 bits per heavy atom. The molecule has 144 valence electrons. The highest BCUT2D eigenvalue weighted by atomic mass is 35.5. The summed E-state index contributed by atoms with van der Waals surface area (Å²) < 4.78 is 0. The number of carboxylic acid groups (broad SMARTS) is 1. The molecule has 6 heteroatoms. The molecule has 1 N–H and O–H groups in total. The smallest absolute Gasteiger partial charge is 0.307 e. The Morgan fingerprint density at radius 2 is 1.70 bits per heavy atom. The first-order valence-corrected chi connectivity index (χ1v) is 10.1. The van der Waals surface area contributed by atoms with Gasteiger partial charge in [0.25, 0.3) is 0 Å². The summed E-state index contributed by atoms with van der Waals surface area (Å²) in [5, 5.41) is 10.4. The van der Waals surface area contributed by atoms with Crippen molar-refractivity contribution >= 4 is 23.5 Å². The molecule has 4 aliphatic rings. The molecule has 1 heterocycles. The maximum atomic E-state index is 13.2. The van der Waals surface area contributed by atoms with E-state index >= 15 is 0 Å². The van der Waals surface area contributed by atoms with E-state index in [2.05, 4.69) is 17.0 Å². The third-order valence-corrected chi connectivity index (χ3v) is 6.53. The van der Waals surface area contributed by atoms with Crippen molar-refractivity contribution in [3.05, 3.63) is 47.0 Å². The van der Waals surface area contributed by atoms with Gasteiger partial charge in [0.15, 0.2) is 0 Å². The van der Waals surface area contributed by atoms with Gasteiger partial charge in [-0.2, -0.15) is 0 Å².